The number of anilines is 1. The van der Waals surface area contributed by atoms with Crippen LogP contribution in [0, 0.1) is 6.92 Å². The fraction of sp³-hybridized carbons (Fsp3) is 0.125. The molecule has 0 aliphatic rings. The number of carbonyl (C=O) groups is 1. The number of nitrogens with one attached hydrogen (secondary N) is 1. The van der Waals surface area contributed by atoms with Crippen LogP contribution in [0.3, 0.4) is 0 Å². The molecule has 0 spiro atoms. The standard InChI is InChI=1S/C24H19F2N3O3S/c1-15-7-11-18(12-8-15)27-21(30)20(16-5-3-2-4-6-16)33-24-29-28-22(32-24)17-9-13-19(14-10-17)31-23(25)26/h2-14,20,23H,1H3,(H,27,30). The maximum atomic E-state index is 13.1. The lowest BCUT2D eigenvalue weighted by Crippen LogP contribution is -2.19. The Kier molecular flexibility index (Phi) is 6.99. The van der Waals surface area contributed by atoms with E-state index >= 15 is 0 Å². The number of thioether (sulfide) groups is 1. The monoisotopic (exact) mass is 467 g/mol. The molecule has 6 nitrogen and oxygen atoms in total. The molecule has 168 valence electrons. The first-order chi connectivity index (χ1) is 16.0. The van der Waals surface area contributed by atoms with Gasteiger partial charge in [-0.3, -0.25) is 4.79 Å². The molecule has 0 bridgehead atoms. The van der Waals surface area contributed by atoms with Gasteiger partial charge in [-0.25, -0.2) is 0 Å². The molecule has 0 aliphatic carbocycles. The van der Waals surface area contributed by atoms with E-state index in [0.717, 1.165) is 22.9 Å². The molecule has 1 N–H and O–H groups in total. The van der Waals surface area contributed by atoms with Gasteiger partial charge in [0.15, 0.2) is 0 Å². The molecule has 33 heavy (non-hydrogen) atoms. The van der Waals surface area contributed by atoms with Crippen molar-refractivity contribution in [1.82, 2.24) is 10.2 Å². The van der Waals surface area contributed by atoms with Gasteiger partial charge < -0.3 is 14.5 Å². The highest BCUT2D eigenvalue weighted by atomic mass is 32.2. The molecule has 0 saturated heterocycles. The van der Waals surface area contributed by atoms with Gasteiger partial charge >= 0.3 is 6.61 Å². The number of ether oxygens (including phenoxy) is 1. The summed E-state index contributed by atoms with van der Waals surface area (Å²) < 4.78 is 34.7. The van der Waals surface area contributed by atoms with Crippen molar-refractivity contribution in [1.29, 1.82) is 0 Å². The van der Waals surface area contributed by atoms with Gasteiger partial charge in [0.25, 0.3) is 5.22 Å². The Bertz CT molecular complexity index is 1200. The quantitative estimate of drug-likeness (QED) is 0.315. The Labute approximate surface area is 193 Å². The predicted molar refractivity (Wildman–Crippen MR) is 121 cm³/mol. The van der Waals surface area contributed by atoms with Crippen LogP contribution in [0.25, 0.3) is 11.5 Å². The molecule has 4 rings (SSSR count). The van der Waals surface area contributed by atoms with Gasteiger partial charge in [-0.05, 0) is 60.6 Å². The fourth-order valence-electron chi connectivity index (χ4n) is 3.00. The summed E-state index contributed by atoms with van der Waals surface area (Å²) in [5, 5.41) is 10.6. The molecular weight excluding hydrogens is 448 g/mol. The van der Waals surface area contributed by atoms with Crippen molar-refractivity contribution in [3.8, 4) is 17.2 Å². The fourth-order valence-corrected chi connectivity index (χ4v) is 3.88. The van der Waals surface area contributed by atoms with Crippen LogP contribution in [-0.4, -0.2) is 22.7 Å². The molecular formula is C24H19F2N3O3S. The van der Waals surface area contributed by atoms with E-state index in [-0.39, 0.29) is 22.8 Å². The Hall–Kier alpha value is -3.72. The maximum absolute atomic E-state index is 13.1. The number of nitrogens with zero attached hydrogens (tertiary/aromatic N) is 2. The Morgan fingerprint density at radius 3 is 2.33 bits per heavy atom. The third-order valence-corrected chi connectivity index (χ3v) is 5.70. The average molecular weight is 467 g/mol. The van der Waals surface area contributed by atoms with Crippen LogP contribution in [-0.2, 0) is 4.79 Å². The number of alkyl halides is 2. The van der Waals surface area contributed by atoms with E-state index in [0.29, 0.717) is 11.3 Å². The van der Waals surface area contributed by atoms with Gasteiger partial charge in [0.1, 0.15) is 11.0 Å². The van der Waals surface area contributed by atoms with Crippen LogP contribution >= 0.6 is 11.8 Å². The molecule has 4 aromatic rings. The number of aromatic nitrogens is 2. The number of rotatable bonds is 8. The van der Waals surface area contributed by atoms with Crippen molar-refractivity contribution in [2.45, 2.75) is 24.0 Å². The summed E-state index contributed by atoms with van der Waals surface area (Å²) >= 11 is 1.12. The Morgan fingerprint density at radius 1 is 0.970 bits per heavy atom. The number of aryl methyl sites for hydroxylation is 1. The molecule has 9 heteroatoms. The summed E-state index contributed by atoms with van der Waals surface area (Å²) in [4.78, 5) is 13.1. The highest BCUT2D eigenvalue weighted by Crippen LogP contribution is 2.36. The van der Waals surface area contributed by atoms with Crippen LogP contribution in [0.5, 0.6) is 5.75 Å². The van der Waals surface area contributed by atoms with Crippen LogP contribution in [0.15, 0.2) is 88.5 Å². The zero-order valence-electron chi connectivity index (χ0n) is 17.4. The lowest BCUT2D eigenvalue weighted by molar-refractivity contribution is -0.115. The van der Waals surface area contributed by atoms with Crippen molar-refractivity contribution in [3.63, 3.8) is 0 Å². The molecule has 1 heterocycles. The van der Waals surface area contributed by atoms with Crippen molar-refractivity contribution in [3.05, 3.63) is 90.0 Å². The normalized spacial score (nSPS) is 11.9. The predicted octanol–water partition coefficient (Wildman–Crippen LogP) is 6.12. The number of hydrogen-bond acceptors (Lipinski definition) is 6. The Morgan fingerprint density at radius 2 is 1.67 bits per heavy atom. The largest absolute Gasteiger partial charge is 0.435 e. The van der Waals surface area contributed by atoms with Crippen molar-refractivity contribution in [2.24, 2.45) is 0 Å². The summed E-state index contributed by atoms with van der Waals surface area (Å²) in [5.74, 6) is -0.00469. The SMILES string of the molecule is Cc1ccc(NC(=O)C(Sc2nnc(-c3ccc(OC(F)F)cc3)o2)c2ccccc2)cc1. The van der Waals surface area contributed by atoms with E-state index < -0.39 is 11.9 Å². The number of benzene rings is 3. The molecule has 0 aliphatic heterocycles. The topological polar surface area (TPSA) is 77.2 Å². The zero-order chi connectivity index (χ0) is 23.2. The number of halogens is 2. The first-order valence-electron chi connectivity index (χ1n) is 9.96. The van der Waals surface area contributed by atoms with Crippen LogP contribution < -0.4 is 10.1 Å². The molecule has 0 fully saturated rings. The summed E-state index contributed by atoms with van der Waals surface area (Å²) in [6, 6.07) is 22.7. The zero-order valence-corrected chi connectivity index (χ0v) is 18.3. The van der Waals surface area contributed by atoms with E-state index in [2.05, 4.69) is 20.3 Å². The summed E-state index contributed by atoms with van der Waals surface area (Å²) in [6.07, 6.45) is 0. The van der Waals surface area contributed by atoms with Crippen LogP contribution in [0.4, 0.5) is 14.5 Å². The third-order valence-electron chi connectivity index (χ3n) is 4.61. The second kappa shape index (κ2) is 10.3. The van der Waals surface area contributed by atoms with Crippen molar-refractivity contribution >= 4 is 23.4 Å². The first-order valence-corrected chi connectivity index (χ1v) is 10.8. The van der Waals surface area contributed by atoms with Crippen LogP contribution in [0.2, 0.25) is 0 Å². The molecule has 1 atom stereocenters. The van der Waals surface area contributed by atoms with Crippen molar-refractivity contribution in [2.75, 3.05) is 5.32 Å². The smallest absolute Gasteiger partial charge is 0.387 e. The summed E-state index contributed by atoms with van der Waals surface area (Å²) in [7, 11) is 0. The van der Waals surface area contributed by atoms with Gasteiger partial charge in [0, 0.05) is 11.3 Å². The lowest BCUT2D eigenvalue weighted by Gasteiger charge is -2.15. The van der Waals surface area contributed by atoms with Gasteiger partial charge in [0.05, 0.1) is 0 Å². The number of carbonyl (C=O) groups excluding carboxylic acids is 1. The summed E-state index contributed by atoms with van der Waals surface area (Å²) in [6.45, 7) is -0.927. The summed E-state index contributed by atoms with van der Waals surface area (Å²) in [5.41, 5.74) is 3.09. The first kappa shape index (κ1) is 22.5. The molecule has 0 radical (unpaired) electrons. The van der Waals surface area contributed by atoms with E-state index in [1.165, 1.54) is 12.1 Å². The minimum Gasteiger partial charge on any atom is -0.435 e. The minimum atomic E-state index is -2.90. The van der Waals surface area contributed by atoms with Gasteiger partial charge in [-0.2, -0.15) is 8.78 Å². The Balaban J connectivity index is 1.52. The average Bonchev–Trinajstić information content (AvgIpc) is 3.28. The van der Waals surface area contributed by atoms with Crippen LogP contribution in [0.1, 0.15) is 16.4 Å². The lowest BCUT2D eigenvalue weighted by atomic mass is 10.1. The molecule has 0 saturated carbocycles. The van der Waals surface area contributed by atoms with Gasteiger partial charge in [-0.15, -0.1) is 10.2 Å². The molecule has 1 unspecified atom stereocenters. The van der Waals surface area contributed by atoms with E-state index in [4.69, 9.17) is 4.42 Å². The maximum Gasteiger partial charge on any atom is 0.387 e. The molecule has 3 aromatic carbocycles. The van der Waals surface area contributed by atoms with E-state index in [1.807, 2.05) is 61.5 Å². The molecule has 1 amide bonds. The number of amides is 1. The second-order valence-electron chi connectivity index (χ2n) is 7.04. The highest BCUT2D eigenvalue weighted by molar-refractivity contribution is 8.00. The second-order valence-corrected chi connectivity index (χ2v) is 8.10. The molecule has 1 aromatic heterocycles. The van der Waals surface area contributed by atoms with Gasteiger partial charge in [-0.1, -0.05) is 48.0 Å². The van der Waals surface area contributed by atoms with Gasteiger partial charge in [0.2, 0.25) is 11.8 Å². The van der Waals surface area contributed by atoms with Crippen molar-refractivity contribution < 1.29 is 22.7 Å². The minimum absolute atomic E-state index is 0.0276. The third kappa shape index (κ3) is 5.95. The van der Waals surface area contributed by atoms with E-state index in [9.17, 15) is 13.6 Å². The number of hydrogen-bond donors (Lipinski definition) is 1. The van der Waals surface area contributed by atoms with E-state index in [1.54, 1.807) is 12.1 Å². The highest BCUT2D eigenvalue weighted by Gasteiger charge is 2.25.